The Hall–Kier alpha value is -0.480. The minimum atomic E-state index is -1.43. The fourth-order valence-corrected chi connectivity index (χ4v) is 4.30. The van der Waals surface area contributed by atoms with Gasteiger partial charge in [0.1, 0.15) is 0 Å². The summed E-state index contributed by atoms with van der Waals surface area (Å²) in [6.45, 7) is 5.92. The second kappa shape index (κ2) is 6.79. The monoisotopic (exact) mass is 328 g/mol. The van der Waals surface area contributed by atoms with Crippen LogP contribution in [0.5, 0.6) is 0 Å². The van der Waals surface area contributed by atoms with Crippen molar-refractivity contribution in [3.05, 3.63) is 11.7 Å². The average molecular weight is 328 g/mol. The SMILES string of the molecule is CC1(C)COC2(CCC(CC3CCC(=C(F)F)CC3)CC2)OC1. The maximum absolute atomic E-state index is 12.6. The van der Waals surface area contributed by atoms with Gasteiger partial charge >= 0.3 is 0 Å². The van der Waals surface area contributed by atoms with Gasteiger partial charge in [-0.05, 0) is 62.4 Å². The second-order valence-electron chi connectivity index (χ2n) is 8.64. The van der Waals surface area contributed by atoms with Crippen molar-refractivity contribution >= 4 is 0 Å². The molecule has 4 heteroatoms. The van der Waals surface area contributed by atoms with Gasteiger partial charge in [-0.15, -0.1) is 0 Å². The third-order valence-corrected chi connectivity index (χ3v) is 5.96. The van der Waals surface area contributed by atoms with Gasteiger partial charge in [0, 0.05) is 18.3 Å². The minimum Gasteiger partial charge on any atom is -0.349 e. The number of allylic oxidation sites excluding steroid dienone is 1. The van der Waals surface area contributed by atoms with Gasteiger partial charge < -0.3 is 9.47 Å². The molecule has 0 aromatic carbocycles. The topological polar surface area (TPSA) is 18.5 Å². The van der Waals surface area contributed by atoms with E-state index in [0.717, 1.165) is 51.7 Å². The van der Waals surface area contributed by atoms with Gasteiger partial charge in [0.2, 0.25) is 0 Å². The number of halogens is 2. The van der Waals surface area contributed by atoms with E-state index in [1.807, 2.05) is 0 Å². The van der Waals surface area contributed by atoms with Crippen LogP contribution >= 0.6 is 0 Å². The smallest absolute Gasteiger partial charge is 0.269 e. The van der Waals surface area contributed by atoms with Gasteiger partial charge in [0.25, 0.3) is 6.08 Å². The van der Waals surface area contributed by atoms with Crippen LogP contribution in [0.15, 0.2) is 11.7 Å². The van der Waals surface area contributed by atoms with E-state index >= 15 is 0 Å². The molecule has 2 saturated carbocycles. The minimum absolute atomic E-state index is 0.126. The zero-order valence-electron chi connectivity index (χ0n) is 14.5. The summed E-state index contributed by atoms with van der Waals surface area (Å²) in [5.74, 6) is 1.02. The van der Waals surface area contributed by atoms with E-state index < -0.39 is 6.08 Å². The molecule has 0 amide bonds. The van der Waals surface area contributed by atoms with E-state index in [2.05, 4.69) is 13.8 Å². The van der Waals surface area contributed by atoms with Crippen LogP contribution < -0.4 is 0 Å². The standard InChI is InChI=1S/C19H30F2O2/c1-18(2)12-22-19(23-13-18)9-7-15(8-10-19)11-14-3-5-16(6-4-14)17(20)21/h14-15H,3-13H2,1-2H3. The number of hydrogen-bond acceptors (Lipinski definition) is 2. The summed E-state index contributed by atoms with van der Waals surface area (Å²) < 4.78 is 37.4. The van der Waals surface area contributed by atoms with Crippen LogP contribution in [-0.4, -0.2) is 19.0 Å². The Bertz CT molecular complexity index is 424. The summed E-state index contributed by atoms with van der Waals surface area (Å²) in [6, 6.07) is 0. The van der Waals surface area contributed by atoms with Crippen LogP contribution in [0.3, 0.4) is 0 Å². The molecule has 0 radical (unpaired) electrons. The molecule has 132 valence electrons. The predicted octanol–water partition coefficient (Wildman–Crippen LogP) is 5.68. The quantitative estimate of drug-likeness (QED) is 0.649. The van der Waals surface area contributed by atoms with Crippen LogP contribution in [0.25, 0.3) is 0 Å². The summed E-state index contributed by atoms with van der Waals surface area (Å²) in [5.41, 5.74) is 0.525. The van der Waals surface area contributed by atoms with Crippen molar-refractivity contribution in [3.8, 4) is 0 Å². The Labute approximate surface area is 138 Å². The van der Waals surface area contributed by atoms with Crippen molar-refractivity contribution < 1.29 is 18.3 Å². The molecule has 1 saturated heterocycles. The van der Waals surface area contributed by atoms with Crippen LogP contribution in [0.4, 0.5) is 8.78 Å². The summed E-state index contributed by atoms with van der Waals surface area (Å²) in [5, 5.41) is 0. The van der Waals surface area contributed by atoms with Gasteiger partial charge in [-0.2, -0.15) is 8.78 Å². The molecular weight excluding hydrogens is 298 g/mol. The molecule has 3 fully saturated rings. The molecule has 0 N–H and O–H groups in total. The third kappa shape index (κ3) is 4.33. The largest absolute Gasteiger partial charge is 0.349 e. The molecule has 1 heterocycles. The van der Waals surface area contributed by atoms with Crippen LogP contribution in [0, 0.1) is 17.3 Å². The fraction of sp³-hybridized carbons (Fsp3) is 0.895. The predicted molar refractivity (Wildman–Crippen MR) is 86.2 cm³/mol. The number of hydrogen-bond donors (Lipinski definition) is 0. The molecule has 0 aromatic heterocycles. The molecule has 2 aliphatic carbocycles. The Morgan fingerprint density at radius 3 is 2.00 bits per heavy atom. The summed E-state index contributed by atoms with van der Waals surface area (Å²) >= 11 is 0. The fourth-order valence-electron chi connectivity index (χ4n) is 4.30. The van der Waals surface area contributed by atoms with Gasteiger partial charge in [-0.3, -0.25) is 0 Å². The van der Waals surface area contributed by atoms with E-state index in [9.17, 15) is 8.78 Å². The summed E-state index contributed by atoms with van der Waals surface area (Å²) in [7, 11) is 0. The number of ether oxygens (including phenoxy) is 2. The lowest BCUT2D eigenvalue weighted by molar-refractivity contribution is -0.312. The molecule has 1 aliphatic heterocycles. The second-order valence-corrected chi connectivity index (χ2v) is 8.64. The van der Waals surface area contributed by atoms with Crippen molar-refractivity contribution in [2.75, 3.05) is 13.2 Å². The lowest BCUT2D eigenvalue weighted by atomic mass is 9.75. The highest BCUT2D eigenvalue weighted by atomic mass is 19.3. The molecule has 0 atom stereocenters. The lowest BCUT2D eigenvalue weighted by Gasteiger charge is -2.47. The first-order valence-electron chi connectivity index (χ1n) is 9.18. The Kier molecular flexibility index (Phi) is 5.12. The molecule has 0 bridgehead atoms. The number of rotatable bonds is 2. The maximum Gasteiger partial charge on any atom is 0.269 e. The highest BCUT2D eigenvalue weighted by Gasteiger charge is 2.43. The molecule has 0 aromatic rings. The first kappa shape index (κ1) is 17.3. The first-order valence-corrected chi connectivity index (χ1v) is 9.18. The van der Waals surface area contributed by atoms with Crippen molar-refractivity contribution in [2.24, 2.45) is 17.3 Å². The summed E-state index contributed by atoms with van der Waals surface area (Å²) in [6.07, 6.45) is 7.13. The molecular formula is C19H30F2O2. The van der Waals surface area contributed by atoms with Crippen molar-refractivity contribution in [3.63, 3.8) is 0 Å². The Morgan fingerprint density at radius 1 is 0.957 bits per heavy atom. The third-order valence-electron chi connectivity index (χ3n) is 5.96. The van der Waals surface area contributed by atoms with Crippen molar-refractivity contribution in [1.82, 2.24) is 0 Å². The molecule has 3 aliphatic rings. The molecule has 0 unspecified atom stereocenters. The highest BCUT2D eigenvalue weighted by molar-refractivity contribution is 5.05. The van der Waals surface area contributed by atoms with E-state index in [4.69, 9.17) is 9.47 Å². The van der Waals surface area contributed by atoms with Gasteiger partial charge in [0.05, 0.1) is 13.2 Å². The highest BCUT2D eigenvalue weighted by Crippen LogP contribution is 2.44. The van der Waals surface area contributed by atoms with E-state index in [1.165, 1.54) is 6.42 Å². The van der Waals surface area contributed by atoms with Crippen molar-refractivity contribution in [1.29, 1.82) is 0 Å². The van der Waals surface area contributed by atoms with Gasteiger partial charge in [-0.1, -0.05) is 13.8 Å². The average Bonchev–Trinajstić information content (AvgIpc) is 2.53. The Morgan fingerprint density at radius 2 is 1.48 bits per heavy atom. The van der Waals surface area contributed by atoms with Crippen LogP contribution in [-0.2, 0) is 9.47 Å². The first-order chi connectivity index (χ1) is 10.9. The van der Waals surface area contributed by atoms with Gasteiger partial charge in [0.15, 0.2) is 5.79 Å². The maximum atomic E-state index is 12.6. The van der Waals surface area contributed by atoms with E-state index in [0.29, 0.717) is 30.3 Å². The van der Waals surface area contributed by atoms with Crippen molar-refractivity contribution in [2.45, 2.75) is 77.4 Å². The molecule has 23 heavy (non-hydrogen) atoms. The normalized spacial score (nSPS) is 31.3. The lowest BCUT2D eigenvalue weighted by Crippen LogP contribution is -2.49. The van der Waals surface area contributed by atoms with E-state index in [1.54, 1.807) is 0 Å². The van der Waals surface area contributed by atoms with E-state index in [-0.39, 0.29) is 11.2 Å². The van der Waals surface area contributed by atoms with Crippen LogP contribution in [0.1, 0.15) is 71.6 Å². The van der Waals surface area contributed by atoms with Crippen LogP contribution in [0.2, 0.25) is 0 Å². The zero-order valence-corrected chi connectivity index (χ0v) is 14.5. The molecule has 1 spiro atoms. The Balaban J connectivity index is 1.43. The summed E-state index contributed by atoms with van der Waals surface area (Å²) in [4.78, 5) is 0. The van der Waals surface area contributed by atoms with Gasteiger partial charge in [-0.25, -0.2) is 0 Å². The zero-order chi connectivity index (χ0) is 16.5. The molecule has 3 rings (SSSR count). The molecule has 2 nitrogen and oxygen atoms in total.